The second-order valence-electron chi connectivity index (χ2n) is 8.43. The van der Waals surface area contributed by atoms with Crippen molar-refractivity contribution in [2.45, 2.75) is 20.3 Å². The third-order valence-electron chi connectivity index (χ3n) is 6.10. The maximum atomic E-state index is 12.5. The molecule has 2 heterocycles. The lowest BCUT2D eigenvalue weighted by Crippen LogP contribution is -3.15. The van der Waals surface area contributed by atoms with Crippen LogP contribution in [0.3, 0.4) is 0 Å². The van der Waals surface area contributed by atoms with Crippen molar-refractivity contribution in [3.63, 3.8) is 0 Å². The number of thiocarbonyl (C=S) groups is 1. The molecule has 1 aromatic rings. The van der Waals surface area contributed by atoms with Crippen molar-refractivity contribution in [3.05, 3.63) is 29.3 Å². The average Bonchev–Trinajstić information content (AvgIpc) is 2.75. The zero-order chi connectivity index (χ0) is 21.3. The topological polar surface area (TPSA) is 62.5 Å². The van der Waals surface area contributed by atoms with Crippen LogP contribution in [0.2, 0.25) is 0 Å². The number of amides is 1. The van der Waals surface area contributed by atoms with Crippen molar-refractivity contribution in [1.82, 2.24) is 10.2 Å². The van der Waals surface area contributed by atoms with Crippen LogP contribution in [0.15, 0.2) is 18.2 Å². The van der Waals surface area contributed by atoms with Gasteiger partial charge in [0.25, 0.3) is 5.91 Å². The Morgan fingerprint density at radius 1 is 1.10 bits per heavy atom. The molecule has 2 aliphatic rings. The Morgan fingerprint density at radius 3 is 2.43 bits per heavy atom. The van der Waals surface area contributed by atoms with Crippen molar-refractivity contribution < 1.29 is 19.3 Å². The SMILES string of the molecule is Cc1cccc(C)c1NC(=O)C[NH+]1CCN(C(=S)NCCC[NH+]2CCOCC2)CC1. The van der Waals surface area contributed by atoms with E-state index in [0.717, 1.165) is 87.4 Å². The minimum absolute atomic E-state index is 0.0853. The van der Waals surface area contributed by atoms with Crippen molar-refractivity contribution in [1.29, 1.82) is 0 Å². The first-order chi connectivity index (χ1) is 14.5. The summed E-state index contributed by atoms with van der Waals surface area (Å²) in [5, 5.41) is 7.37. The number of nitrogens with one attached hydrogen (secondary N) is 4. The molecule has 2 aliphatic heterocycles. The Labute approximate surface area is 185 Å². The molecule has 0 bridgehead atoms. The molecule has 3 rings (SSSR count). The van der Waals surface area contributed by atoms with Gasteiger partial charge >= 0.3 is 0 Å². The quantitative estimate of drug-likeness (QED) is 0.314. The van der Waals surface area contributed by atoms with Crippen molar-refractivity contribution in [3.8, 4) is 0 Å². The highest BCUT2D eigenvalue weighted by atomic mass is 32.1. The second-order valence-corrected chi connectivity index (χ2v) is 8.81. The molecule has 0 atom stereocenters. The Morgan fingerprint density at radius 2 is 1.77 bits per heavy atom. The first kappa shape index (κ1) is 22.9. The van der Waals surface area contributed by atoms with Gasteiger partial charge in [-0.05, 0) is 37.2 Å². The molecule has 30 heavy (non-hydrogen) atoms. The molecule has 0 saturated carbocycles. The number of rotatable bonds is 7. The summed E-state index contributed by atoms with van der Waals surface area (Å²) >= 11 is 5.59. The lowest BCUT2D eigenvalue weighted by Gasteiger charge is -2.33. The molecule has 8 heteroatoms. The van der Waals surface area contributed by atoms with E-state index in [0.29, 0.717) is 6.54 Å². The molecule has 0 radical (unpaired) electrons. The number of hydrogen-bond donors (Lipinski definition) is 4. The molecule has 1 amide bonds. The highest BCUT2D eigenvalue weighted by Crippen LogP contribution is 2.18. The third-order valence-corrected chi connectivity index (χ3v) is 6.50. The monoisotopic (exact) mass is 435 g/mol. The molecule has 2 fully saturated rings. The number of benzene rings is 1. The van der Waals surface area contributed by atoms with E-state index in [9.17, 15) is 4.79 Å². The molecule has 0 spiro atoms. The minimum Gasteiger partial charge on any atom is -0.370 e. The molecule has 0 aromatic heterocycles. The van der Waals surface area contributed by atoms with Crippen molar-refractivity contribution >= 4 is 28.9 Å². The van der Waals surface area contributed by atoms with Gasteiger partial charge in [0.2, 0.25) is 0 Å². The van der Waals surface area contributed by atoms with Gasteiger partial charge < -0.3 is 30.1 Å². The number of nitrogens with zero attached hydrogens (tertiary/aromatic N) is 1. The number of carbonyl (C=O) groups excluding carboxylic acids is 1. The predicted octanol–water partition coefficient (Wildman–Crippen LogP) is -1.38. The summed E-state index contributed by atoms with van der Waals surface area (Å²) in [5.74, 6) is 0.0853. The maximum Gasteiger partial charge on any atom is 0.279 e. The molecule has 0 aliphatic carbocycles. The number of anilines is 1. The van der Waals surface area contributed by atoms with E-state index in [1.54, 1.807) is 4.90 Å². The number of quaternary nitrogens is 2. The molecule has 7 nitrogen and oxygen atoms in total. The summed E-state index contributed by atoms with van der Waals surface area (Å²) in [6, 6.07) is 6.08. The fourth-order valence-electron chi connectivity index (χ4n) is 4.18. The summed E-state index contributed by atoms with van der Waals surface area (Å²) in [6.07, 6.45) is 1.12. The highest BCUT2D eigenvalue weighted by molar-refractivity contribution is 7.80. The van der Waals surface area contributed by atoms with Crippen LogP contribution in [0.4, 0.5) is 5.69 Å². The smallest absolute Gasteiger partial charge is 0.279 e. The van der Waals surface area contributed by atoms with Gasteiger partial charge in [0, 0.05) is 18.7 Å². The number of hydrogen-bond acceptors (Lipinski definition) is 3. The number of ether oxygens (including phenoxy) is 1. The summed E-state index contributed by atoms with van der Waals surface area (Å²) in [6.45, 7) is 14.3. The summed E-state index contributed by atoms with van der Waals surface area (Å²) in [4.78, 5) is 17.7. The van der Waals surface area contributed by atoms with Crippen LogP contribution in [0.1, 0.15) is 17.5 Å². The lowest BCUT2D eigenvalue weighted by atomic mass is 10.1. The molecule has 4 N–H and O–H groups in total. The highest BCUT2D eigenvalue weighted by Gasteiger charge is 2.24. The first-order valence-electron chi connectivity index (χ1n) is 11.2. The second kappa shape index (κ2) is 11.6. The van der Waals surface area contributed by atoms with Crippen LogP contribution in [-0.4, -0.2) is 88.0 Å². The fourth-order valence-corrected chi connectivity index (χ4v) is 4.47. The van der Waals surface area contributed by atoms with Crippen molar-refractivity contribution in [2.75, 3.05) is 77.4 Å². The van der Waals surface area contributed by atoms with Gasteiger partial charge in [-0.25, -0.2) is 0 Å². The zero-order valence-corrected chi connectivity index (χ0v) is 19.2. The molecule has 2 saturated heterocycles. The number of aryl methyl sites for hydroxylation is 2. The van der Waals surface area contributed by atoms with E-state index in [1.807, 2.05) is 32.0 Å². The van der Waals surface area contributed by atoms with Gasteiger partial charge in [0.15, 0.2) is 11.7 Å². The van der Waals surface area contributed by atoms with Crippen LogP contribution < -0.4 is 20.4 Å². The molecular formula is C22H37N5O2S+2. The normalized spacial score (nSPS) is 18.3. The Hall–Kier alpha value is -1.74. The Balaban J connectivity index is 1.32. The summed E-state index contributed by atoms with van der Waals surface area (Å²) in [7, 11) is 0. The van der Waals surface area contributed by atoms with Gasteiger partial charge in [0.05, 0.1) is 45.9 Å². The lowest BCUT2D eigenvalue weighted by molar-refractivity contribution is -0.908. The van der Waals surface area contributed by atoms with Crippen LogP contribution in [-0.2, 0) is 9.53 Å². The number of para-hydroxylation sites is 1. The number of carbonyl (C=O) groups is 1. The molecule has 1 aromatic carbocycles. The van der Waals surface area contributed by atoms with Gasteiger partial charge in [0.1, 0.15) is 13.1 Å². The minimum atomic E-state index is 0.0853. The maximum absolute atomic E-state index is 12.5. The van der Waals surface area contributed by atoms with Crippen molar-refractivity contribution in [2.24, 2.45) is 0 Å². The van der Waals surface area contributed by atoms with Crippen LogP contribution in [0, 0.1) is 13.8 Å². The molecular weight excluding hydrogens is 398 g/mol. The van der Waals surface area contributed by atoms with Crippen LogP contribution in [0.25, 0.3) is 0 Å². The fraction of sp³-hybridized carbons (Fsp3) is 0.636. The largest absolute Gasteiger partial charge is 0.370 e. The van der Waals surface area contributed by atoms with E-state index < -0.39 is 0 Å². The van der Waals surface area contributed by atoms with Gasteiger partial charge in [-0.2, -0.15) is 0 Å². The van der Waals surface area contributed by atoms with E-state index in [4.69, 9.17) is 17.0 Å². The molecule has 166 valence electrons. The van der Waals surface area contributed by atoms with Crippen LogP contribution in [0.5, 0.6) is 0 Å². The summed E-state index contributed by atoms with van der Waals surface area (Å²) in [5.41, 5.74) is 3.16. The Bertz CT molecular complexity index is 695. The number of piperazine rings is 1. The first-order valence-corrected chi connectivity index (χ1v) is 11.6. The molecule has 0 unspecified atom stereocenters. The van der Waals surface area contributed by atoms with Gasteiger partial charge in [-0.3, -0.25) is 4.79 Å². The Kier molecular flexibility index (Phi) is 8.87. The van der Waals surface area contributed by atoms with Crippen LogP contribution >= 0.6 is 12.2 Å². The van der Waals surface area contributed by atoms with E-state index >= 15 is 0 Å². The van der Waals surface area contributed by atoms with E-state index in [-0.39, 0.29) is 5.91 Å². The van der Waals surface area contributed by atoms with Gasteiger partial charge in [-0.1, -0.05) is 18.2 Å². The van der Waals surface area contributed by atoms with E-state index in [1.165, 1.54) is 11.4 Å². The van der Waals surface area contributed by atoms with E-state index in [2.05, 4.69) is 15.5 Å². The van der Waals surface area contributed by atoms with Gasteiger partial charge in [-0.15, -0.1) is 0 Å². The third kappa shape index (κ3) is 6.91. The summed E-state index contributed by atoms with van der Waals surface area (Å²) < 4.78 is 5.41. The number of morpholine rings is 1. The standard InChI is InChI=1S/C22H35N5O2S/c1-18-5-3-6-19(2)21(18)24-20(28)17-26-9-11-27(12-10-26)22(30)23-7-4-8-25-13-15-29-16-14-25/h3,5-6H,4,7-17H2,1-2H3,(H,23,30)(H,24,28)/p+2. The zero-order valence-electron chi connectivity index (χ0n) is 18.4. The average molecular weight is 436 g/mol. The predicted molar refractivity (Wildman–Crippen MR) is 123 cm³/mol.